The Hall–Kier alpha value is -4.02. The van der Waals surface area contributed by atoms with Gasteiger partial charge in [0.05, 0.1) is 5.69 Å². The number of fused-ring (bicyclic) bond motifs is 1. The first-order valence-electron chi connectivity index (χ1n) is 17.0. The number of carbonyl (C=O) groups is 2. The number of hydrogen-bond acceptors (Lipinski definition) is 7. The van der Waals surface area contributed by atoms with Gasteiger partial charge in [-0.05, 0) is 88.3 Å². The lowest BCUT2D eigenvalue weighted by Crippen LogP contribution is -2.45. The third-order valence-corrected chi connectivity index (χ3v) is 9.50. The minimum absolute atomic E-state index is 0.128. The molecule has 3 aromatic rings. The van der Waals surface area contributed by atoms with Crippen LogP contribution in [0.5, 0.6) is 0 Å². The number of halogens is 2. The maximum absolute atomic E-state index is 13.1. The van der Waals surface area contributed by atoms with E-state index in [1.54, 1.807) is 11.6 Å². The molecule has 0 aromatic carbocycles. The molecule has 4 unspecified atom stereocenters. The average Bonchev–Trinajstić information content (AvgIpc) is 3.64. The van der Waals surface area contributed by atoms with Crippen LogP contribution in [-0.2, 0) is 16.6 Å². The molecule has 3 aromatic heterocycles. The molecule has 3 N–H and O–H groups in total. The first-order valence-corrected chi connectivity index (χ1v) is 17.0. The maximum atomic E-state index is 13.1. The zero-order valence-electron chi connectivity index (χ0n) is 30.0. The van der Waals surface area contributed by atoms with Crippen molar-refractivity contribution in [2.45, 2.75) is 112 Å². The number of hydrogen-bond donors (Lipinski definition) is 2. The summed E-state index contributed by atoms with van der Waals surface area (Å²) in [6.07, 6.45) is 11.0. The highest BCUT2D eigenvalue weighted by Gasteiger charge is 2.60. The Labute approximate surface area is 283 Å². The number of alkyl halides is 2. The van der Waals surface area contributed by atoms with Crippen molar-refractivity contribution < 1.29 is 18.4 Å². The van der Waals surface area contributed by atoms with Gasteiger partial charge in [0.1, 0.15) is 5.78 Å². The Morgan fingerprint density at radius 1 is 1.21 bits per heavy atom. The molecule has 1 amide bonds. The van der Waals surface area contributed by atoms with Gasteiger partial charge < -0.3 is 11.1 Å². The van der Waals surface area contributed by atoms with Crippen LogP contribution in [0, 0.1) is 24.2 Å². The smallest absolute Gasteiger partial charge is 0.331 e. The van der Waals surface area contributed by atoms with Crippen LogP contribution >= 0.6 is 0 Å². The number of carbonyl (C=O) groups excluding carboxylic acids is 2. The Morgan fingerprint density at radius 3 is 2.50 bits per heavy atom. The number of aryl methyl sites for hydroxylation is 2. The number of nitrogens with zero attached hydrogens (tertiary/aromatic N) is 5. The van der Waals surface area contributed by atoms with Crippen molar-refractivity contribution in [1.82, 2.24) is 25.1 Å². The van der Waals surface area contributed by atoms with Gasteiger partial charge in [-0.2, -0.15) is 13.9 Å². The monoisotopic (exact) mass is 665 g/mol. The number of amides is 1. The van der Waals surface area contributed by atoms with Gasteiger partial charge in [-0.1, -0.05) is 47.1 Å². The fourth-order valence-electron chi connectivity index (χ4n) is 6.09. The fourth-order valence-corrected chi connectivity index (χ4v) is 6.09. The van der Waals surface area contributed by atoms with E-state index in [4.69, 9.17) is 10.7 Å². The summed E-state index contributed by atoms with van der Waals surface area (Å²) in [7, 11) is 1.90. The molecule has 0 bridgehead atoms. The molecule has 4 atom stereocenters. The van der Waals surface area contributed by atoms with Crippen LogP contribution in [0.15, 0.2) is 47.4 Å². The molecular formula is C37H53F2N7O2. The van der Waals surface area contributed by atoms with Crippen LogP contribution in [0.4, 0.5) is 8.78 Å². The predicted octanol–water partition coefficient (Wildman–Crippen LogP) is 7.68. The number of pyridine rings is 2. The second-order valence-corrected chi connectivity index (χ2v) is 13.8. The quantitative estimate of drug-likeness (QED) is 0.134. The lowest BCUT2D eigenvalue weighted by molar-refractivity contribution is -0.128. The van der Waals surface area contributed by atoms with Gasteiger partial charge in [0.2, 0.25) is 5.91 Å². The number of nitrogens with two attached hydrogens (primary N) is 1. The zero-order chi connectivity index (χ0) is 35.8. The molecule has 48 heavy (non-hydrogen) atoms. The van der Waals surface area contributed by atoms with E-state index in [2.05, 4.69) is 66.3 Å². The number of aliphatic imine (C=N–C) groups is 1. The van der Waals surface area contributed by atoms with E-state index in [0.29, 0.717) is 17.3 Å². The number of nitrogens with one attached hydrogen (secondary N) is 1. The molecule has 1 aliphatic rings. The Kier molecular flexibility index (Phi) is 13.1. The van der Waals surface area contributed by atoms with Crippen LogP contribution < -0.4 is 11.1 Å². The van der Waals surface area contributed by atoms with E-state index >= 15 is 0 Å². The largest absolute Gasteiger partial charge is 0.404 e. The Bertz CT molecular complexity index is 1630. The molecule has 0 radical (unpaired) electrons. The lowest BCUT2D eigenvalue weighted by atomic mass is 9.83. The summed E-state index contributed by atoms with van der Waals surface area (Å²) < 4.78 is 25.7. The van der Waals surface area contributed by atoms with Crippen molar-refractivity contribution in [2.75, 3.05) is 0 Å². The van der Waals surface area contributed by atoms with Crippen LogP contribution in [-0.4, -0.2) is 49.7 Å². The molecule has 262 valence electrons. The van der Waals surface area contributed by atoms with Gasteiger partial charge in [-0.25, -0.2) is 9.98 Å². The van der Waals surface area contributed by atoms with Gasteiger partial charge in [-0.15, -0.1) is 0 Å². The minimum Gasteiger partial charge on any atom is -0.404 e. The van der Waals surface area contributed by atoms with Crippen molar-refractivity contribution in [1.29, 1.82) is 0 Å². The molecule has 1 fully saturated rings. The average molecular weight is 666 g/mol. The van der Waals surface area contributed by atoms with Crippen LogP contribution in [0.3, 0.4) is 0 Å². The molecule has 11 heteroatoms. The number of ketones is 1. The predicted molar refractivity (Wildman–Crippen MR) is 189 cm³/mol. The molecule has 0 aliphatic heterocycles. The summed E-state index contributed by atoms with van der Waals surface area (Å²) in [4.78, 5) is 37.4. The molecule has 1 saturated carbocycles. The normalized spacial score (nSPS) is 19.2. The third kappa shape index (κ3) is 9.54. The lowest BCUT2D eigenvalue weighted by Gasteiger charge is -2.26. The summed E-state index contributed by atoms with van der Waals surface area (Å²) in [6, 6.07) is 6.34. The molecule has 0 saturated heterocycles. The molecule has 4 rings (SSSR count). The van der Waals surface area contributed by atoms with Gasteiger partial charge in [0.15, 0.2) is 5.65 Å². The first-order chi connectivity index (χ1) is 22.6. The molecule has 1 aliphatic carbocycles. The SMILES string of the molecule is CCC(C)(C)NC(=O)C(C)CC(=C/N)/C=N/C(F)F.CCCC1(C(=O)C(C)CC)CC1c1ccc(-c2cnc3nn(C)cc3c2)nc1C. The maximum Gasteiger partial charge on any atom is 0.331 e. The van der Waals surface area contributed by atoms with Crippen molar-refractivity contribution in [2.24, 2.45) is 35.0 Å². The Balaban J connectivity index is 0.000000288. The number of aromatic nitrogens is 4. The van der Waals surface area contributed by atoms with Gasteiger partial charge in [-0.3, -0.25) is 19.3 Å². The van der Waals surface area contributed by atoms with E-state index in [9.17, 15) is 18.4 Å². The number of Topliss-reactive ketones (excluding diaryl/α,β-unsaturated/α-hetero) is 1. The van der Waals surface area contributed by atoms with E-state index in [1.807, 2.05) is 40.2 Å². The Morgan fingerprint density at radius 2 is 1.92 bits per heavy atom. The fraction of sp³-hybridized carbons (Fsp3) is 0.568. The molecular weight excluding hydrogens is 612 g/mol. The summed E-state index contributed by atoms with van der Waals surface area (Å²) >= 11 is 0. The van der Waals surface area contributed by atoms with Crippen LogP contribution in [0.25, 0.3) is 22.3 Å². The van der Waals surface area contributed by atoms with Crippen molar-refractivity contribution in [3.05, 3.63) is 53.6 Å². The summed E-state index contributed by atoms with van der Waals surface area (Å²) in [5.74, 6) is 0.406. The minimum atomic E-state index is -2.77. The van der Waals surface area contributed by atoms with Gasteiger partial charge in [0, 0.05) is 65.1 Å². The second-order valence-electron chi connectivity index (χ2n) is 13.8. The molecule has 9 nitrogen and oxygen atoms in total. The van der Waals surface area contributed by atoms with E-state index < -0.39 is 6.55 Å². The second kappa shape index (κ2) is 16.4. The van der Waals surface area contributed by atoms with Crippen LogP contribution in [0.2, 0.25) is 0 Å². The highest BCUT2D eigenvalue weighted by atomic mass is 19.3. The number of rotatable bonds is 14. The summed E-state index contributed by atoms with van der Waals surface area (Å²) in [5, 5.41) is 8.25. The summed E-state index contributed by atoms with van der Waals surface area (Å²) in [5.41, 5.74) is 10.2. The summed E-state index contributed by atoms with van der Waals surface area (Å²) in [6.45, 7) is 13.2. The van der Waals surface area contributed by atoms with Crippen molar-refractivity contribution >= 4 is 28.9 Å². The molecule has 3 heterocycles. The van der Waals surface area contributed by atoms with Crippen molar-refractivity contribution in [3.63, 3.8) is 0 Å². The zero-order valence-corrected chi connectivity index (χ0v) is 30.0. The molecule has 0 spiro atoms. The topological polar surface area (TPSA) is 128 Å². The van der Waals surface area contributed by atoms with Gasteiger partial charge in [0.25, 0.3) is 0 Å². The first kappa shape index (κ1) is 38.4. The number of allylic oxidation sites excluding steroid dienone is 1. The van der Waals surface area contributed by atoms with E-state index in [-0.39, 0.29) is 35.1 Å². The third-order valence-electron chi connectivity index (χ3n) is 9.50. The highest BCUT2D eigenvalue weighted by molar-refractivity contribution is 5.91. The van der Waals surface area contributed by atoms with E-state index in [0.717, 1.165) is 66.3 Å². The highest BCUT2D eigenvalue weighted by Crippen LogP contribution is 2.64. The van der Waals surface area contributed by atoms with Crippen molar-refractivity contribution in [3.8, 4) is 11.3 Å². The standard InChI is InChI=1S/C24H30N4O.C13H23F2N3O/c1-6-10-24(22(29)15(3)7-2)12-20(24)19-8-9-21(26-16(19)4)17-11-18-14-28(5)27-23(18)25-13-17;1-5-13(3,4)18-11(19)9(2)6-10(7-16)8-17-12(14)15/h8-9,11,13-15,20H,6-7,10,12H2,1-5H3;7-9,12H,5-6,16H2,1-4H3,(H,18,19)/b;10-7-,17-8+. The van der Waals surface area contributed by atoms with E-state index in [1.165, 1.54) is 11.8 Å². The van der Waals surface area contributed by atoms with Crippen LogP contribution in [0.1, 0.15) is 104 Å². The van der Waals surface area contributed by atoms with Gasteiger partial charge >= 0.3 is 6.55 Å².